The van der Waals surface area contributed by atoms with Gasteiger partial charge in [-0.25, -0.2) is 4.98 Å². The highest BCUT2D eigenvalue weighted by Gasteiger charge is 2.06. The second kappa shape index (κ2) is 5.38. The third-order valence-corrected chi connectivity index (χ3v) is 3.08. The minimum atomic E-state index is 0.635. The molecule has 1 heterocycles. The fourth-order valence-corrected chi connectivity index (χ4v) is 2.12. The molecule has 0 amide bonds. The number of rotatable bonds is 3. The number of fused-ring (bicyclic) bond motifs is 1. The van der Waals surface area contributed by atoms with Crippen LogP contribution in [0.3, 0.4) is 0 Å². The van der Waals surface area contributed by atoms with E-state index in [0.717, 1.165) is 22.2 Å². The van der Waals surface area contributed by atoms with E-state index in [1.54, 1.807) is 24.3 Å². The molecule has 2 rings (SSSR count). The highest BCUT2D eigenvalue weighted by Crippen LogP contribution is 2.28. The van der Waals surface area contributed by atoms with Crippen molar-refractivity contribution >= 4 is 39.7 Å². The number of aromatic nitrogens is 1. The minimum absolute atomic E-state index is 0.635. The summed E-state index contributed by atoms with van der Waals surface area (Å²) in [5.74, 6) is 0. The topological polar surface area (TPSA) is 12.9 Å². The molecule has 1 nitrogen and oxygen atoms in total. The van der Waals surface area contributed by atoms with E-state index in [9.17, 15) is 0 Å². The van der Waals surface area contributed by atoms with Crippen molar-refractivity contribution in [3.8, 4) is 0 Å². The van der Waals surface area contributed by atoms with Gasteiger partial charge in [-0.3, -0.25) is 0 Å². The Morgan fingerprint density at radius 3 is 2.61 bits per heavy atom. The van der Waals surface area contributed by atoms with Crippen LogP contribution in [0.25, 0.3) is 16.5 Å². The van der Waals surface area contributed by atoms with Crippen molar-refractivity contribution in [3.63, 3.8) is 0 Å². The predicted octanol–water partition coefficient (Wildman–Crippen LogP) is 5.30. The first-order valence-electron chi connectivity index (χ1n) is 5.37. The van der Waals surface area contributed by atoms with Crippen molar-refractivity contribution in [1.82, 2.24) is 4.98 Å². The highest BCUT2D eigenvalue weighted by molar-refractivity contribution is 6.36. The van der Waals surface area contributed by atoms with Crippen LogP contribution in [0.4, 0.5) is 0 Å². The molecule has 0 aliphatic rings. The Bertz CT molecular complexity index is 657. The van der Waals surface area contributed by atoms with Gasteiger partial charge in [-0.05, 0) is 29.8 Å². The van der Waals surface area contributed by atoms with Crippen LogP contribution in [0, 0.1) is 0 Å². The van der Waals surface area contributed by atoms with E-state index < -0.39 is 0 Å². The van der Waals surface area contributed by atoms with Crippen molar-refractivity contribution < 1.29 is 0 Å². The van der Waals surface area contributed by atoms with Gasteiger partial charge in [0, 0.05) is 10.4 Å². The molecule has 1 aromatic heterocycles. The molecular weight excluding hydrogens is 265 g/mol. The molecule has 0 spiro atoms. The van der Waals surface area contributed by atoms with E-state index in [-0.39, 0.29) is 0 Å². The van der Waals surface area contributed by atoms with Gasteiger partial charge in [-0.15, -0.1) is 0 Å². The summed E-state index contributed by atoms with van der Waals surface area (Å²) in [6, 6.07) is 7.27. The van der Waals surface area contributed by atoms with Crippen LogP contribution in [0.15, 0.2) is 55.7 Å². The van der Waals surface area contributed by atoms with E-state index in [1.807, 2.05) is 18.2 Å². The Balaban J connectivity index is 2.71. The van der Waals surface area contributed by atoms with Crippen LogP contribution < -0.4 is 0 Å². The number of halogens is 2. The largest absolute Gasteiger partial charge is 0.248 e. The Hall–Kier alpha value is -1.57. The Labute approximate surface area is 116 Å². The fraction of sp³-hybridized carbons (Fsp3) is 0. The summed E-state index contributed by atoms with van der Waals surface area (Å²) in [5, 5.41) is 2.16. The van der Waals surface area contributed by atoms with Crippen LogP contribution in [0.5, 0.6) is 0 Å². The van der Waals surface area contributed by atoms with Gasteiger partial charge in [0.1, 0.15) is 0 Å². The number of allylic oxidation sites excluding steroid dienone is 4. The van der Waals surface area contributed by atoms with Gasteiger partial charge in [0.25, 0.3) is 0 Å². The monoisotopic (exact) mass is 275 g/mol. The van der Waals surface area contributed by atoms with Gasteiger partial charge in [0.05, 0.1) is 16.2 Å². The molecule has 3 heteroatoms. The van der Waals surface area contributed by atoms with Gasteiger partial charge in [-0.2, -0.15) is 0 Å². The average molecular weight is 276 g/mol. The van der Waals surface area contributed by atoms with Crippen LogP contribution in [-0.4, -0.2) is 4.98 Å². The van der Waals surface area contributed by atoms with Gasteiger partial charge in [0.15, 0.2) is 0 Å². The van der Waals surface area contributed by atoms with Gasteiger partial charge >= 0.3 is 0 Å². The Morgan fingerprint density at radius 2 is 1.94 bits per heavy atom. The van der Waals surface area contributed by atoms with Crippen LogP contribution in [0.2, 0.25) is 10.0 Å². The summed E-state index contributed by atoms with van der Waals surface area (Å²) in [4.78, 5) is 4.53. The highest BCUT2D eigenvalue weighted by atomic mass is 35.5. The van der Waals surface area contributed by atoms with Gasteiger partial charge < -0.3 is 0 Å². The first-order chi connectivity index (χ1) is 8.65. The minimum Gasteiger partial charge on any atom is -0.248 e. The lowest BCUT2D eigenvalue weighted by Gasteiger charge is -2.06. The van der Waals surface area contributed by atoms with E-state index >= 15 is 0 Å². The summed E-state index contributed by atoms with van der Waals surface area (Å²) in [6.45, 7) is 7.42. The summed E-state index contributed by atoms with van der Waals surface area (Å²) in [5.41, 5.74) is 2.39. The molecule has 90 valence electrons. The molecule has 0 aliphatic heterocycles. The molecule has 0 unspecified atom stereocenters. The maximum Gasteiger partial charge on any atom is 0.0739 e. The summed E-state index contributed by atoms with van der Waals surface area (Å²) in [6.07, 6.45) is 5.24. The quantitative estimate of drug-likeness (QED) is 0.693. The Morgan fingerprint density at radius 1 is 1.17 bits per heavy atom. The first kappa shape index (κ1) is 12.9. The summed E-state index contributed by atoms with van der Waals surface area (Å²) < 4.78 is 0. The third-order valence-electron chi connectivity index (χ3n) is 2.53. The zero-order valence-electron chi connectivity index (χ0n) is 9.66. The number of hydrogen-bond acceptors (Lipinski definition) is 1. The molecule has 1 aromatic carbocycles. The number of nitrogens with zero attached hydrogens (tertiary/aromatic N) is 1. The van der Waals surface area contributed by atoms with Gasteiger partial charge in [0.2, 0.25) is 0 Å². The van der Waals surface area contributed by atoms with Crippen molar-refractivity contribution in [2.45, 2.75) is 0 Å². The zero-order valence-corrected chi connectivity index (χ0v) is 11.2. The molecule has 2 aromatic rings. The van der Waals surface area contributed by atoms with E-state index in [4.69, 9.17) is 23.2 Å². The number of pyridine rings is 1. The second-order valence-corrected chi connectivity index (χ2v) is 4.56. The van der Waals surface area contributed by atoms with Gasteiger partial charge in [-0.1, -0.05) is 54.6 Å². The van der Waals surface area contributed by atoms with Crippen molar-refractivity contribution in [3.05, 3.63) is 71.4 Å². The lowest BCUT2D eigenvalue weighted by molar-refractivity contribution is 1.35. The van der Waals surface area contributed by atoms with E-state index in [1.165, 1.54) is 0 Å². The lowest BCUT2D eigenvalue weighted by Crippen LogP contribution is -1.89. The number of hydrogen-bond donors (Lipinski definition) is 0. The zero-order chi connectivity index (χ0) is 13.1. The van der Waals surface area contributed by atoms with E-state index in [2.05, 4.69) is 18.1 Å². The Kier molecular flexibility index (Phi) is 3.85. The average Bonchev–Trinajstić information content (AvgIpc) is 2.35. The molecular formula is C15H11Cl2N. The third kappa shape index (κ3) is 2.47. The van der Waals surface area contributed by atoms with Crippen molar-refractivity contribution in [1.29, 1.82) is 0 Å². The molecule has 0 bridgehead atoms. The molecule has 18 heavy (non-hydrogen) atoms. The van der Waals surface area contributed by atoms with Crippen LogP contribution in [0.1, 0.15) is 5.69 Å². The number of benzene rings is 1. The van der Waals surface area contributed by atoms with Crippen molar-refractivity contribution in [2.75, 3.05) is 0 Å². The fourth-order valence-electron chi connectivity index (χ4n) is 1.69. The summed E-state index contributed by atoms with van der Waals surface area (Å²) in [7, 11) is 0. The molecule has 0 aliphatic carbocycles. The predicted molar refractivity (Wildman–Crippen MR) is 80.1 cm³/mol. The van der Waals surface area contributed by atoms with Crippen LogP contribution in [-0.2, 0) is 0 Å². The molecule has 0 radical (unpaired) electrons. The SMILES string of the molecule is C=C/C=C(\C=C)c1cc(Cl)c2ccc(Cl)cc2n1. The first-order valence-corrected chi connectivity index (χ1v) is 6.12. The molecule has 0 N–H and O–H groups in total. The molecule has 0 atom stereocenters. The normalized spacial score (nSPS) is 11.6. The molecule has 0 saturated carbocycles. The smallest absolute Gasteiger partial charge is 0.0739 e. The maximum atomic E-state index is 6.25. The molecule has 0 fully saturated rings. The van der Waals surface area contributed by atoms with Crippen molar-refractivity contribution in [2.24, 2.45) is 0 Å². The lowest BCUT2D eigenvalue weighted by atomic mass is 10.1. The van der Waals surface area contributed by atoms with E-state index in [0.29, 0.717) is 10.0 Å². The molecule has 0 saturated heterocycles. The maximum absolute atomic E-state index is 6.25. The standard InChI is InChI=1S/C15H11Cl2N/c1-3-5-10(4-2)14-9-13(17)12-7-6-11(16)8-15(12)18-14/h3-9H,1-2H2/b10-5+. The summed E-state index contributed by atoms with van der Waals surface area (Å²) >= 11 is 12.2. The second-order valence-electron chi connectivity index (χ2n) is 3.71. The van der Waals surface area contributed by atoms with Crippen LogP contribution >= 0.6 is 23.2 Å².